The van der Waals surface area contributed by atoms with E-state index in [0.29, 0.717) is 0 Å². The second kappa shape index (κ2) is 8.45. The van der Waals surface area contributed by atoms with Crippen molar-refractivity contribution in [2.75, 3.05) is 0 Å². The first-order chi connectivity index (χ1) is 11.5. The van der Waals surface area contributed by atoms with E-state index in [9.17, 15) is 9.59 Å². The number of carbonyl (C=O) groups is 2. The Kier molecular flexibility index (Phi) is 6.32. The quantitative estimate of drug-likeness (QED) is 0.430. The van der Waals surface area contributed by atoms with Crippen molar-refractivity contribution in [2.45, 2.75) is 46.0 Å². The fraction of sp³-hybridized carbons (Fsp3) is 0.364. The lowest BCUT2D eigenvalue weighted by atomic mass is 9.81. The lowest BCUT2D eigenvalue weighted by Gasteiger charge is -2.19. The average Bonchev–Trinajstić information content (AvgIpc) is 2.56. The van der Waals surface area contributed by atoms with Crippen LogP contribution in [0, 0.1) is 17.8 Å². The number of unbranched alkanes of at least 4 members (excludes halogenated alkanes) is 2. The van der Waals surface area contributed by atoms with Crippen LogP contribution in [0.25, 0.3) is 10.8 Å². The number of ketones is 2. The highest BCUT2D eigenvalue weighted by atomic mass is 16.1. The Morgan fingerprint density at radius 1 is 1.00 bits per heavy atom. The smallest absolute Gasteiger partial charge is 0.141 e. The highest BCUT2D eigenvalue weighted by Gasteiger charge is 2.29. The highest BCUT2D eigenvalue weighted by Crippen LogP contribution is 2.29. The van der Waals surface area contributed by atoms with E-state index in [1.807, 2.05) is 36.4 Å². The number of rotatable bonds is 6. The summed E-state index contributed by atoms with van der Waals surface area (Å²) in [6.07, 6.45) is 2.91. The van der Waals surface area contributed by atoms with Gasteiger partial charge in [0.2, 0.25) is 0 Å². The van der Waals surface area contributed by atoms with Crippen molar-refractivity contribution in [1.29, 1.82) is 0 Å². The van der Waals surface area contributed by atoms with E-state index in [1.54, 1.807) is 0 Å². The molecule has 0 saturated carbocycles. The van der Waals surface area contributed by atoms with E-state index >= 15 is 0 Å². The fourth-order valence-electron chi connectivity index (χ4n) is 2.96. The van der Waals surface area contributed by atoms with Gasteiger partial charge in [0, 0.05) is 6.42 Å². The topological polar surface area (TPSA) is 34.1 Å². The third kappa shape index (κ3) is 4.32. The summed E-state index contributed by atoms with van der Waals surface area (Å²) in [7, 11) is 0. The standard InChI is InChI=1S/C22H24O2/c1-4-5-6-7-12-21(22(16(2)23)17(3)24)20-14-13-18-10-8-9-11-19(18)15-20/h8-11,13-15,21-22H,4-6H2,1-3H3. The number of hydrogen-bond acceptors (Lipinski definition) is 2. The highest BCUT2D eigenvalue weighted by molar-refractivity contribution is 6.01. The summed E-state index contributed by atoms with van der Waals surface area (Å²) in [6.45, 7) is 5.08. The molecule has 0 aliphatic heterocycles. The summed E-state index contributed by atoms with van der Waals surface area (Å²) < 4.78 is 0. The third-order valence-corrected chi connectivity index (χ3v) is 4.25. The Morgan fingerprint density at radius 3 is 2.29 bits per heavy atom. The Labute approximate surface area is 144 Å². The van der Waals surface area contributed by atoms with Gasteiger partial charge in [-0.25, -0.2) is 0 Å². The Morgan fingerprint density at radius 2 is 1.67 bits per heavy atom. The summed E-state index contributed by atoms with van der Waals surface area (Å²) in [5.74, 6) is 5.07. The molecule has 2 heteroatoms. The summed E-state index contributed by atoms with van der Waals surface area (Å²) in [5, 5.41) is 2.24. The molecular formula is C22H24O2. The lowest BCUT2D eigenvalue weighted by Crippen LogP contribution is -2.26. The molecular weight excluding hydrogens is 296 g/mol. The van der Waals surface area contributed by atoms with Gasteiger partial charge in [-0.2, -0.15) is 0 Å². The van der Waals surface area contributed by atoms with Crippen LogP contribution in [0.4, 0.5) is 0 Å². The number of fused-ring (bicyclic) bond motifs is 1. The van der Waals surface area contributed by atoms with Gasteiger partial charge in [-0.1, -0.05) is 55.7 Å². The molecule has 0 bridgehead atoms. The maximum absolute atomic E-state index is 12.1. The molecule has 124 valence electrons. The molecule has 0 heterocycles. The van der Waals surface area contributed by atoms with E-state index in [1.165, 1.54) is 13.8 Å². The van der Waals surface area contributed by atoms with Crippen LogP contribution in [-0.2, 0) is 9.59 Å². The zero-order valence-corrected chi connectivity index (χ0v) is 14.6. The maximum atomic E-state index is 12.1. The molecule has 0 aliphatic rings. The number of hydrogen-bond donors (Lipinski definition) is 0. The number of Topliss-reactive ketones (excluding diaryl/α,β-unsaturated/α-hetero) is 2. The van der Waals surface area contributed by atoms with Crippen LogP contribution < -0.4 is 0 Å². The Balaban J connectivity index is 2.47. The summed E-state index contributed by atoms with van der Waals surface area (Å²) in [5.41, 5.74) is 0.938. The lowest BCUT2D eigenvalue weighted by molar-refractivity contribution is -0.130. The minimum Gasteiger partial charge on any atom is -0.299 e. The van der Waals surface area contributed by atoms with Gasteiger partial charge < -0.3 is 0 Å². The molecule has 1 atom stereocenters. The molecule has 1 unspecified atom stereocenters. The molecule has 2 aromatic carbocycles. The zero-order valence-electron chi connectivity index (χ0n) is 14.6. The van der Waals surface area contributed by atoms with Gasteiger partial charge in [-0.3, -0.25) is 9.59 Å². The first kappa shape index (κ1) is 17.9. The van der Waals surface area contributed by atoms with Crippen LogP contribution in [-0.4, -0.2) is 11.6 Å². The SMILES string of the molecule is CCCCC#CC(c1ccc2ccccc2c1)C(C(C)=O)C(C)=O. The minimum atomic E-state index is -0.694. The zero-order chi connectivity index (χ0) is 17.5. The van der Waals surface area contributed by atoms with Gasteiger partial charge in [-0.05, 0) is 42.7 Å². The Hall–Kier alpha value is -2.40. The van der Waals surface area contributed by atoms with E-state index in [4.69, 9.17) is 0 Å². The molecule has 0 spiro atoms. The molecule has 0 amide bonds. The molecule has 0 saturated heterocycles. The number of carbonyl (C=O) groups excluding carboxylic acids is 2. The van der Waals surface area contributed by atoms with Crippen LogP contribution in [0.1, 0.15) is 51.5 Å². The molecule has 0 aliphatic carbocycles. The molecule has 0 N–H and O–H groups in total. The molecule has 2 rings (SSSR count). The van der Waals surface area contributed by atoms with Gasteiger partial charge in [0.1, 0.15) is 11.6 Å². The first-order valence-corrected chi connectivity index (χ1v) is 8.52. The fourth-order valence-corrected chi connectivity index (χ4v) is 2.96. The van der Waals surface area contributed by atoms with E-state index in [-0.39, 0.29) is 17.5 Å². The molecule has 2 aromatic rings. The van der Waals surface area contributed by atoms with E-state index < -0.39 is 5.92 Å². The predicted molar refractivity (Wildman–Crippen MR) is 98.8 cm³/mol. The van der Waals surface area contributed by atoms with Crippen molar-refractivity contribution in [3.8, 4) is 11.8 Å². The molecule has 24 heavy (non-hydrogen) atoms. The third-order valence-electron chi connectivity index (χ3n) is 4.25. The van der Waals surface area contributed by atoms with Crippen molar-refractivity contribution in [3.05, 3.63) is 48.0 Å². The van der Waals surface area contributed by atoms with Gasteiger partial charge in [0.25, 0.3) is 0 Å². The monoisotopic (exact) mass is 320 g/mol. The second-order valence-electron chi connectivity index (χ2n) is 6.21. The molecule has 0 aromatic heterocycles. The van der Waals surface area contributed by atoms with E-state index in [0.717, 1.165) is 35.6 Å². The van der Waals surface area contributed by atoms with Crippen molar-refractivity contribution in [2.24, 2.45) is 5.92 Å². The van der Waals surface area contributed by atoms with E-state index in [2.05, 4.69) is 24.8 Å². The summed E-state index contributed by atoms with van der Waals surface area (Å²) >= 11 is 0. The molecule has 0 radical (unpaired) electrons. The second-order valence-corrected chi connectivity index (χ2v) is 6.21. The summed E-state index contributed by atoms with van der Waals surface area (Å²) in [6, 6.07) is 14.1. The van der Waals surface area contributed by atoms with Gasteiger partial charge in [0.05, 0.1) is 11.8 Å². The minimum absolute atomic E-state index is 0.120. The van der Waals surface area contributed by atoms with Crippen LogP contribution in [0.3, 0.4) is 0 Å². The molecule has 2 nitrogen and oxygen atoms in total. The van der Waals surface area contributed by atoms with Crippen LogP contribution in [0.5, 0.6) is 0 Å². The number of benzene rings is 2. The molecule has 0 fully saturated rings. The van der Waals surface area contributed by atoms with Crippen LogP contribution in [0.2, 0.25) is 0 Å². The van der Waals surface area contributed by atoms with Gasteiger partial charge >= 0.3 is 0 Å². The maximum Gasteiger partial charge on any atom is 0.141 e. The summed E-state index contributed by atoms with van der Waals surface area (Å²) in [4.78, 5) is 24.1. The predicted octanol–water partition coefficient (Wildman–Crippen LogP) is 4.91. The van der Waals surface area contributed by atoms with Crippen molar-refractivity contribution in [1.82, 2.24) is 0 Å². The van der Waals surface area contributed by atoms with Gasteiger partial charge in [0.15, 0.2) is 0 Å². The van der Waals surface area contributed by atoms with Crippen molar-refractivity contribution < 1.29 is 9.59 Å². The van der Waals surface area contributed by atoms with Crippen LogP contribution in [0.15, 0.2) is 42.5 Å². The van der Waals surface area contributed by atoms with Crippen molar-refractivity contribution in [3.63, 3.8) is 0 Å². The van der Waals surface area contributed by atoms with Crippen molar-refractivity contribution >= 4 is 22.3 Å². The average molecular weight is 320 g/mol. The Bertz CT molecular complexity index is 778. The van der Waals surface area contributed by atoms with Gasteiger partial charge in [-0.15, -0.1) is 5.92 Å². The first-order valence-electron chi connectivity index (χ1n) is 8.52. The normalized spacial score (nSPS) is 11.8. The largest absolute Gasteiger partial charge is 0.299 e. The van der Waals surface area contributed by atoms with Crippen LogP contribution >= 0.6 is 0 Å².